The SMILES string of the molecule is CCCCOC(=O)c1ccc2cc(C(F)(F)F)ccc2n1. The van der Waals surface area contributed by atoms with Crippen molar-refractivity contribution in [3.05, 3.63) is 41.6 Å². The summed E-state index contributed by atoms with van der Waals surface area (Å²) < 4.78 is 42.8. The molecule has 3 nitrogen and oxygen atoms in total. The van der Waals surface area contributed by atoms with E-state index in [1.54, 1.807) is 0 Å². The number of pyridine rings is 1. The molecule has 0 amide bonds. The predicted octanol–water partition coefficient (Wildman–Crippen LogP) is 4.21. The van der Waals surface area contributed by atoms with Gasteiger partial charge in [0, 0.05) is 5.39 Å². The number of nitrogens with zero attached hydrogens (tertiary/aromatic N) is 1. The number of rotatable bonds is 4. The van der Waals surface area contributed by atoms with E-state index in [0.29, 0.717) is 17.5 Å². The maximum absolute atomic E-state index is 12.6. The van der Waals surface area contributed by atoms with Gasteiger partial charge in [-0.3, -0.25) is 0 Å². The van der Waals surface area contributed by atoms with Gasteiger partial charge in [0.15, 0.2) is 0 Å². The van der Waals surface area contributed by atoms with Crippen molar-refractivity contribution in [2.24, 2.45) is 0 Å². The zero-order valence-corrected chi connectivity index (χ0v) is 11.4. The number of esters is 1. The zero-order valence-electron chi connectivity index (χ0n) is 11.4. The minimum Gasteiger partial charge on any atom is -0.461 e. The van der Waals surface area contributed by atoms with Crippen molar-refractivity contribution in [3.63, 3.8) is 0 Å². The number of unbranched alkanes of at least 4 members (excludes halogenated alkanes) is 1. The summed E-state index contributed by atoms with van der Waals surface area (Å²) in [7, 11) is 0. The Morgan fingerprint density at radius 2 is 2.00 bits per heavy atom. The van der Waals surface area contributed by atoms with E-state index >= 15 is 0 Å². The van der Waals surface area contributed by atoms with Crippen LogP contribution < -0.4 is 0 Å². The first-order valence-electron chi connectivity index (χ1n) is 6.57. The van der Waals surface area contributed by atoms with E-state index < -0.39 is 17.7 Å². The molecule has 0 saturated carbocycles. The number of benzene rings is 1. The van der Waals surface area contributed by atoms with Crippen molar-refractivity contribution in [3.8, 4) is 0 Å². The number of fused-ring (bicyclic) bond motifs is 1. The molecule has 0 fully saturated rings. The molecule has 0 aliphatic carbocycles. The van der Waals surface area contributed by atoms with Gasteiger partial charge in [0.25, 0.3) is 0 Å². The van der Waals surface area contributed by atoms with Crippen molar-refractivity contribution in [1.29, 1.82) is 0 Å². The van der Waals surface area contributed by atoms with Crippen LogP contribution in [0.4, 0.5) is 13.2 Å². The average Bonchev–Trinajstić information content (AvgIpc) is 2.45. The minimum absolute atomic E-state index is 0.0957. The fourth-order valence-corrected chi connectivity index (χ4v) is 1.80. The van der Waals surface area contributed by atoms with Gasteiger partial charge in [0.1, 0.15) is 5.69 Å². The zero-order chi connectivity index (χ0) is 15.5. The summed E-state index contributed by atoms with van der Waals surface area (Å²) in [5, 5.41) is 0.329. The number of alkyl halides is 3. The van der Waals surface area contributed by atoms with Crippen LogP contribution in [0.15, 0.2) is 30.3 Å². The first-order valence-corrected chi connectivity index (χ1v) is 6.57. The molecule has 21 heavy (non-hydrogen) atoms. The highest BCUT2D eigenvalue weighted by atomic mass is 19.4. The molecule has 0 saturated heterocycles. The molecule has 0 aliphatic rings. The second-order valence-electron chi connectivity index (χ2n) is 4.59. The Kier molecular flexibility index (Phi) is 4.45. The summed E-state index contributed by atoms with van der Waals surface area (Å²) in [6.07, 6.45) is -2.74. The number of hydrogen-bond donors (Lipinski definition) is 0. The Morgan fingerprint density at radius 3 is 2.67 bits per heavy atom. The summed E-state index contributed by atoms with van der Waals surface area (Å²) in [6.45, 7) is 2.28. The smallest absolute Gasteiger partial charge is 0.416 e. The topological polar surface area (TPSA) is 39.2 Å². The summed E-state index contributed by atoms with van der Waals surface area (Å²) in [4.78, 5) is 15.8. The van der Waals surface area contributed by atoms with E-state index in [1.165, 1.54) is 18.2 Å². The lowest BCUT2D eigenvalue weighted by Crippen LogP contribution is -2.09. The third-order valence-electron chi connectivity index (χ3n) is 2.96. The molecule has 0 unspecified atom stereocenters. The van der Waals surface area contributed by atoms with Gasteiger partial charge in [-0.1, -0.05) is 19.4 Å². The maximum Gasteiger partial charge on any atom is 0.416 e. The highest BCUT2D eigenvalue weighted by Gasteiger charge is 2.30. The van der Waals surface area contributed by atoms with Crippen LogP contribution in [-0.2, 0) is 10.9 Å². The first kappa shape index (κ1) is 15.3. The van der Waals surface area contributed by atoms with Crippen LogP contribution in [0.5, 0.6) is 0 Å². The van der Waals surface area contributed by atoms with Gasteiger partial charge in [0.05, 0.1) is 17.7 Å². The number of aromatic nitrogens is 1. The number of ether oxygens (including phenoxy) is 1. The average molecular weight is 297 g/mol. The molecule has 6 heteroatoms. The van der Waals surface area contributed by atoms with Gasteiger partial charge < -0.3 is 4.74 Å². The number of hydrogen-bond acceptors (Lipinski definition) is 3. The van der Waals surface area contributed by atoms with Gasteiger partial charge >= 0.3 is 12.1 Å². The van der Waals surface area contributed by atoms with E-state index in [4.69, 9.17) is 4.74 Å². The molecule has 2 aromatic rings. The van der Waals surface area contributed by atoms with Crippen LogP contribution in [-0.4, -0.2) is 17.6 Å². The van der Waals surface area contributed by atoms with E-state index in [1.807, 2.05) is 6.92 Å². The van der Waals surface area contributed by atoms with E-state index in [2.05, 4.69) is 4.98 Å². The normalized spacial score (nSPS) is 11.6. The van der Waals surface area contributed by atoms with Crippen molar-refractivity contribution in [2.75, 3.05) is 6.61 Å². The number of carbonyl (C=O) groups excluding carboxylic acids is 1. The molecule has 0 N–H and O–H groups in total. The van der Waals surface area contributed by atoms with Gasteiger partial charge in [-0.25, -0.2) is 9.78 Å². The van der Waals surface area contributed by atoms with Crippen molar-refractivity contribution in [2.45, 2.75) is 25.9 Å². The minimum atomic E-state index is -4.40. The molecule has 0 spiro atoms. The summed E-state index contributed by atoms with van der Waals surface area (Å²) >= 11 is 0. The number of halogens is 3. The predicted molar refractivity (Wildman–Crippen MR) is 71.9 cm³/mol. The van der Waals surface area contributed by atoms with Gasteiger partial charge in [-0.2, -0.15) is 13.2 Å². The van der Waals surface area contributed by atoms with E-state index in [-0.39, 0.29) is 5.69 Å². The molecule has 0 atom stereocenters. The quantitative estimate of drug-likeness (QED) is 0.627. The molecule has 0 bridgehead atoms. The van der Waals surface area contributed by atoms with Gasteiger partial charge in [-0.05, 0) is 30.7 Å². The Labute approximate surface area is 119 Å². The van der Waals surface area contributed by atoms with E-state index in [9.17, 15) is 18.0 Å². The monoisotopic (exact) mass is 297 g/mol. The highest BCUT2D eigenvalue weighted by molar-refractivity contribution is 5.91. The molecular formula is C15H14F3NO2. The molecule has 0 radical (unpaired) electrons. The van der Waals surface area contributed by atoms with Crippen molar-refractivity contribution in [1.82, 2.24) is 4.98 Å². The largest absolute Gasteiger partial charge is 0.461 e. The van der Waals surface area contributed by atoms with Gasteiger partial charge in [0.2, 0.25) is 0 Å². The third kappa shape index (κ3) is 3.71. The van der Waals surface area contributed by atoms with Crippen molar-refractivity contribution < 1.29 is 22.7 Å². The van der Waals surface area contributed by atoms with Crippen LogP contribution >= 0.6 is 0 Å². The Morgan fingerprint density at radius 1 is 1.24 bits per heavy atom. The summed E-state index contributed by atoms with van der Waals surface area (Å²) in [5.41, 5.74) is -0.318. The second kappa shape index (κ2) is 6.11. The molecule has 2 rings (SSSR count). The molecule has 0 aliphatic heterocycles. The molecule has 1 aromatic carbocycles. The molecule has 1 aromatic heterocycles. The Balaban J connectivity index is 2.25. The standard InChI is InChI=1S/C15H14F3NO2/c1-2-3-8-21-14(20)13-6-4-10-9-11(15(16,17)18)5-7-12(10)19-13/h4-7,9H,2-3,8H2,1H3. The summed E-state index contributed by atoms with van der Waals surface area (Å²) in [5.74, 6) is -0.565. The molecule has 1 heterocycles. The molecule has 112 valence electrons. The van der Waals surface area contributed by atoms with Crippen LogP contribution in [0.25, 0.3) is 10.9 Å². The number of carbonyl (C=O) groups is 1. The summed E-state index contributed by atoms with van der Waals surface area (Å²) in [6, 6.07) is 6.02. The lowest BCUT2D eigenvalue weighted by Gasteiger charge is -2.08. The lowest BCUT2D eigenvalue weighted by molar-refractivity contribution is -0.137. The van der Waals surface area contributed by atoms with Crippen LogP contribution in [0.3, 0.4) is 0 Å². The Hall–Kier alpha value is -2.11. The van der Waals surface area contributed by atoms with Gasteiger partial charge in [-0.15, -0.1) is 0 Å². The van der Waals surface area contributed by atoms with Crippen LogP contribution in [0.2, 0.25) is 0 Å². The first-order chi connectivity index (χ1) is 9.91. The Bertz CT molecular complexity index is 653. The van der Waals surface area contributed by atoms with Crippen molar-refractivity contribution >= 4 is 16.9 Å². The fourth-order valence-electron chi connectivity index (χ4n) is 1.80. The molecular weight excluding hydrogens is 283 g/mol. The van der Waals surface area contributed by atoms with Crippen LogP contribution in [0, 0.1) is 0 Å². The fraction of sp³-hybridized carbons (Fsp3) is 0.333. The van der Waals surface area contributed by atoms with Crippen LogP contribution in [0.1, 0.15) is 35.8 Å². The third-order valence-corrected chi connectivity index (χ3v) is 2.96. The van der Waals surface area contributed by atoms with E-state index in [0.717, 1.165) is 25.0 Å². The maximum atomic E-state index is 12.6. The second-order valence-corrected chi connectivity index (χ2v) is 4.59. The highest BCUT2D eigenvalue weighted by Crippen LogP contribution is 2.31. The lowest BCUT2D eigenvalue weighted by atomic mass is 10.1.